The van der Waals surface area contributed by atoms with Gasteiger partial charge in [0.15, 0.2) is 0 Å². The van der Waals surface area contributed by atoms with E-state index in [2.05, 4.69) is 0 Å². The lowest BCUT2D eigenvalue weighted by Gasteiger charge is -2.35. The zero-order chi connectivity index (χ0) is 13.4. The maximum absolute atomic E-state index is 12.3. The van der Waals surface area contributed by atoms with Gasteiger partial charge in [-0.3, -0.25) is 9.59 Å². The van der Waals surface area contributed by atoms with Crippen LogP contribution < -0.4 is 0 Å². The first-order valence-electron chi connectivity index (χ1n) is 7.66. The molecule has 2 saturated carbocycles. The third-order valence-corrected chi connectivity index (χ3v) is 5.40. The number of carbonyl (C=O) groups is 2. The van der Waals surface area contributed by atoms with Crippen molar-refractivity contribution in [3.05, 3.63) is 0 Å². The Morgan fingerprint density at radius 2 is 1.68 bits per heavy atom. The van der Waals surface area contributed by atoms with Gasteiger partial charge in [-0.1, -0.05) is 6.42 Å². The van der Waals surface area contributed by atoms with E-state index in [4.69, 9.17) is 0 Å². The molecule has 4 nitrogen and oxygen atoms in total. The highest BCUT2D eigenvalue weighted by Crippen LogP contribution is 2.49. The summed E-state index contributed by atoms with van der Waals surface area (Å²) in [5.74, 6) is 2.84. The number of fused-ring (bicyclic) bond motifs is 2. The number of piperazine rings is 1. The molecule has 1 saturated heterocycles. The summed E-state index contributed by atoms with van der Waals surface area (Å²) in [5, 5.41) is 0. The largest absolute Gasteiger partial charge is 0.339 e. The number of hydrogen-bond donors (Lipinski definition) is 0. The second-order valence-corrected chi connectivity index (χ2v) is 6.53. The molecule has 2 bridgehead atoms. The Morgan fingerprint density at radius 1 is 1.00 bits per heavy atom. The summed E-state index contributed by atoms with van der Waals surface area (Å²) in [6.45, 7) is 4.46. The molecular weight excluding hydrogens is 240 g/mol. The number of nitrogens with zero attached hydrogens (tertiary/aromatic N) is 2. The lowest BCUT2D eigenvalue weighted by Crippen LogP contribution is -2.50. The van der Waals surface area contributed by atoms with Crippen LogP contribution in [0.4, 0.5) is 0 Å². The van der Waals surface area contributed by atoms with E-state index in [9.17, 15) is 9.59 Å². The van der Waals surface area contributed by atoms with Gasteiger partial charge in [0.25, 0.3) is 0 Å². The molecule has 0 N–H and O–H groups in total. The van der Waals surface area contributed by atoms with Crippen LogP contribution in [0.3, 0.4) is 0 Å². The second kappa shape index (κ2) is 5.14. The van der Waals surface area contributed by atoms with Crippen molar-refractivity contribution in [2.75, 3.05) is 26.2 Å². The first-order valence-corrected chi connectivity index (χ1v) is 7.66. The van der Waals surface area contributed by atoms with Gasteiger partial charge in [0.05, 0.1) is 0 Å². The lowest BCUT2D eigenvalue weighted by molar-refractivity contribution is -0.139. The van der Waals surface area contributed by atoms with Crippen molar-refractivity contribution >= 4 is 11.8 Å². The number of amides is 2. The van der Waals surface area contributed by atoms with Gasteiger partial charge in [-0.05, 0) is 37.0 Å². The summed E-state index contributed by atoms with van der Waals surface area (Å²) in [5.41, 5.74) is 0. The highest BCUT2D eigenvalue weighted by molar-refractivity contribution is 5.77. The van der Waals surface area contributed by atoms with Crippen LogP contribution in [0.1, 0.15) is 39.0 Å². The Bertz CT molecular complexity index is 374. The van der Waals surface area contributed by atoms with Crippen molar-refractivity contribution < 1.29 is 9.59 Å². The Morgan fingerprint density at radius 3 is 2.21 bits per heavy atom. The van der Waals surface area contributed by atoms with E-state index in [-0.39, 0.29) is 5.91 Å². The van der Waals surface area contributed by atoms with E-state index in [0.29, 0.717) is 24.9 Å². The van der Waals surface area contributed by atoms with Gasteiger partial charge in [0.1, 0.15) is 0 Å². The fourth-order valence-corrected chi connectivity index (χ4v) is 4.25. The predicted octanol–water partition coefficient (Wildman–Crippen LogP) is 1.50. The van der Waals surface area contributed by atoms with Crippen LogP contribution in [0, 0.1) is 17.8 Å². The minimum Gasteiger partial charge on any atom is -0.339 e. The second-order valence-electron chi connectivity index (χ2n) is 6.53. The molecule has 3 atom stereocenters. The maximum atomic E-state index is 12.3. The van der Waals surface area contributed by atoms with Crippen molar-refractivity contribution in [3.8, 4) is 0 Å². The third kappa shape index (κ3) is 2.63. The van der Waals surface area contributed by atoms with Gasteiger partial charge in [0, 0.05) is 39.5 Å². The molecule has 0 radical (unpaired) electrons. The minimum absolute atomic E-state index is 0.125. The SMILES string of the molecule is CC(=O)N1CCN(C(=O)CC2CC3CCC2C3)CC1. The van der Waals surface area contributed by atoms with Crippen molar-refractivity contribution in [1.29, 1.82) is 0 Å². The first kappa shape index (κ1) is 12.9. The number of carbonyl (C=O) groups excluding carboxylic acids is 2. The zero-order valence-electron chi connectivity index (χ0n) is 11.8. The molecule has 3 fully saturated rings. The van der Waals surface area contributed by atoms with Crippen molar-refractivity contribution in [3.63, 3.8) is 0 Å². The Hall–Kier alpha value is -1.06. The van der Waals surface area contributed by atoms with E-state index in [0.717, 1.165) is 31.3 Å². The highest BCUT2D eigenvalue weighted by atomic mass is 16.2. The van der Waals surface area contributed by atoms with E-state index < -0.39 is 0 Å². The standard InChI is InChI=1S/C15H24N2O2/c1-11(18)16-4-6-17(7-5-16)15(19)10-14-9-12-2-3-13(14)8-12/h12-14H,2-10H2,1H3. The molecule has 4 heteroatoms. The molecule has 19 heavy (non-hydrogen) atoms. The molecule has 0 spiro atoms. The normalized spacial score (nSPS) is 33.8. The van der Waals surface area contributed by atoms with E-state index in [1.165, 1.54) is 25.7 Å². The van der Waals surface area contributed by atoms with Crippen molar-refractivity contribution in [2.45, 2.75) is 39.0 Å². The Labute approximate surface area is 115 Å². The summed E-state index contributed by atoms with van der Waals surface area (Å²) in [6.07, 6.45) is 6.15. The topological polar surface area (TPSA) is 40.6 Å². The Balaban J connectivity index is 1.48. The van der Waals surface area contributed by atoms with Gasteiger partial charge in [0.2, 0.25) is 11.8 Å². The summed E-state index contributed by atoms with van der Waals surface area (Å²) >= 11 is 0. The quantitative estimate of drug-likeness (QED) is 0.758. The Kier molecular flexibility index (Phi) is 3.50. The van der Waals surface area contributed by atoms with Gasteiger partial charge < -0.3 is 9.80 Å². The van der Waals surface area contributed by atoms with Crippen LogP contribution >= 0.6 is 0 Å². The molecule has 1 heterocycles. The minimum atomic E-state index is 0.125. The molecular formula is C15H24N2O2. The number of hydrogen-bond acceptors (Lipinski definition) is 2. The molecule has 0 aromatic carbocycles. The zero-order valence-corrected chi connectivity index (χ0v) is 11.8. The molecule has 2 amide bonds. The van der Waals surface area contributed by atoms with Crippen LogP contribution in [0.5, 0.6) is 0 Å². The fourth-order valence-electron chi connectivity index (χ4n) is 4.25. The molecule has 106 valence electrons. The molecule has 3 rings (SSSR count). The van der Waals surface area contributed by atoms with Crippen LogP contribution in [0.15, 0.2) is 0 Å². The average molecular weight is 264 g/mol. The maximum Gasteiger partial charge on any atom is 0.222 e. The lowest BCUT2D eigenvalue weighted by atomic mass is 9.86. The van der Waals surface area contributed by atoms with Crippen LogP contribution in [-0.2, 0) is 9.59 Å². The summed E-state index contributed by atoms with van der Waals surface area (Å²) < 4.78 is 0. The summed E-state index contributed by atoms with van der Waals surface area (Å²) in [4.78, 5) is 27.4. The average Bonchev–Trinajstić information content (AvgIpc) is 3.01. The first-order chi connectivity index (χ1) is 9.13. The van der Waals surface area contributed by atoms with Crippen LogP contribution in [0.25, 0.3) is 0 Å². The molecule has 0 aromatic heterocycles. The third-order valence-electron chi connectivity index (χ3n) is 5.40. The highest BCUT2D eigenvalue weighted by Gasteiger charge is 2.40. The van der Waals surface area contributed by atoms with E-state index in [1.54, 1.807) is 6.92 Å². The number of rotatable bonds is 2. The van der Waals surface area contributed by atoms with Gasteiger partial charge >= 0.3 is 0 Å². The summed E-state index contributed by atoms with van der Waals surface area (Å²) in [6, 6.07) is 0. The van der Waals surface area contributed by atoms with E-state index in [1.807, 2.05) is 9.80 Å². The van der Waals surface area contributed by atoms with Crippen LogP contribution in [-0.4, -0.2) is 47.8 Å². The smallest absolute Gasteiger partial charge is 0.222 e. The fraction of sp³-hybridized carbons (Fsp3) is 0.867. The summed E-state index contributed by atoms with van der Waals surface area (Å²) in [7, 11) is 0. The molecule has 3 unspecified atom stereocenters. The van der Waals surface area contributed by atoms with Gasteiger partial charge in [-0.2, -0.15) is 0 Å². The molecule has 2 aliphatic carbocycles. The molecule has 1 aliphatic heterocycles. The predicted molar refractivity (Wildman–Crippen MR) is 72.4 cm³/mol. The monoisotopic (exact) mass is 264 g/mol. The van der Waals surface area contributed by atoms with Crippen molar-refractivity contribution in [2.24, 2.45) is 17.8 Å². The van der Waals surface area contributed by atoms with Gasteiger partial charge in [-0.25, -0.2) is 0 Å². The van der Waals surface area contributed by atoms with Crippen LogP contribution in [0.2, 0.25) is 0 Å². The molecule has 0 aromatic rings. The van der Waals surface area contributed by atoms with E-state index >= 15 is 0 Å². The van der Waals surface area contributed by atoms with Crippen molar-refractivity contribution in [1.82, 2.24) is 9.80 Å². The molecule has 3 aliphatic rings. The van der Waals surface area contributed by atoms with Gasteiger partial charge in [-0.15, -0.1) is 0 Å².